The molecule has 0 fully saturated rings. The maximum absolute atomic E-state index is 7.23. The third kappa shape index (κ3) is 4.59. The Morgan fingerprint density at radius 1 is 0.788 bits per heavy atom. The molecule has 2 aromatic carbocycles. The molecular weight excluding hydrogens is 422 g/mol. The molecule has 2 nitrogen and oxygen atoms in total. The van der Waals surface area contributed by atoms with Gasteiger partial charge in [-0.1, -0.05) is 49.7 Å². The standard InChI is InChI=1S/C30H43NOS/c1-19-16-17-24-23(18-19)14-13-15-25(24)32-30(12,26-21(3)20(2)22(4)33-26)28(8,9)29(10,11)31-27(5,6)7/h13-18,31H,1-12H3/t30-/m1/s1. The van der Waals surface area contributed by atoms with E-state index in [1.807, 2.05) is 11.3 Å². The van der Waals surface area contributed by atoms with E-state index < -0.39 is 5.60 Å². The quantitative estimate of drug-likeness (QED) is 0.393. The molecule has 3 aromatic rings. The van der Waals surface area contributed by atoms with Crippen molar-refractivity contribution in [1.29, 1.82) is 0 Å². The first kappa shape index (κ1) is 25.8. The molecule has 0 spiro atoms. The summed E-state index contributed by atoms with van der Waals surface area (Å²) in [7, 11) is 0. The Labute approximate surface area is 205 Å². The Bertz CT molecular complexity index is 1160. The third-order valence-corrected chi connectivity index (χ3v) is 9.38. The molecule has 1 aromatic heterocycles. The largest absolute Gasteiger partial charge is 0.481 e. The fraction of sp³-hybridized carbons (Fsp3) is 0.533. The van der Waals surface area contributed by atoms with Crippen molar-refractivity contribution < 1.29 is 4.74 Å². The lowest BCUT2D eigenvalue weighted by atomic mass is 9.62. The number of hydrogen-bond acceptors (Lipinski definition) is 3. The van der Waals surface area contributed by atoms with Gasteiger partial charge in [0, 0.05) is 26.8 Å². The topological polar surface area (TPSA) is 21.3 Å². The van der Waals surface area contributed by atoms with Gasteiger partial charge in [-0.3, -0.25) is 0 Å². The summed E-state index contributed by atoms with van der Waals surface area (Å²) in [5.74, 6) is 0.942. The van der Waals surface area contributed by atoms with Crippen LogP contribution in [-0.4, -0.2) is 11.1 Å². The number of thiophene rings is 1. The predicted molar refractivity (Wildman–Crippen MR) is 146 cm³/mol. The minimum absolute atomic E-state index is 0.0189. The van der Waals surface area contributed by atoms with Gasteiger partial charge >= 0.3 is 0 Å². The minimum atomic E-state index is -0.554. The van der Waals surface area contributed by atoms with Crippen molar-refractivity contribution in [3.05, 3.63) is 62.8 Å². The van der Waals surface area contributed by atoms with Gasteiger partial charge in [0.2, 0.25) is 0 Å². The normalized spacial score (nSPS) is 15.0. The molecule has 0 aliphatic heterocycles. The molecule has 0 saturated heterocycles. The number of hydrogen-bond donors (Lipinski definition) is 1. The van der Waals surface area contributed by atoms with Crippen LogP contribution in [0.15, 0.2) is 36.4 Å². The van der Waals surface area contributed by atoms with Gasteiger partial charge in [0.05, 0.1) is 4.88 Å². The zero-order valence-corrected chi connectivity index (χ0v) is 23.6. The summed E-state index contributed by atoms with van der Waals surface area (Å²) in [5, 5.41) is 6.29. The SMILES string of the molecule is Cc1ccc2c(O[C@](C)(c3sc(C)c(C)c3C)C(C)(C)C(C)(C)NC(C)(C)C)cccc2c1. The molecule has 33 heavy (non-hydrogen) atoms. The average molecular weight is 466 g/mol. The number of rotatable bonds is 6. The molecule has 0 unspecified atom stereocenters. The summed E-state index contributed by atoms with van der Waals surface area (Å²) in [6.45, 7) is 27.2. The van der Waals surface area contributed by atoms with E-state index in [4.69, 9.17) is 4.74 Å². The average Bonchev–Trinajstić information content (AvgIpc) is 2.93. The Balaban J connectivity index is 2.26. The molecule has 3 heteroatoms. The maximum Gasteiger partial charge on any atom is 0.147 e. The molecule has 1 N–H and O–H groups in total. The van der Waals surface area contributed by atoms with Gasteiger partial charge in [0.1, 0.15) is 11.4 Å². The van der Waals surface area contributed by atoms with Crippen molar-refractivity contribution in [2.24, 2.45) is 5.41 Å². The molecule has 0 aliphatic carbocycles. The van der Waals surface area contributed by atoms with Crippen LogP contribution in [0.5, 0.6) is 5.75 Å². The first-order valence-electron chi connectivity index (χ1n) is 12.0. The van der Waals surface area contributed by atoms with E-state index >= 15 is 0 Å². The van der Waals surface area contributed by atoms with Gasteiger partial charge in [-0.25, -0.2) is 0 Å². The van der Waals surface area contributed by atoms with Crippen molar-refractivity contribution in [2.75, 3.05) is 0 Å². The van der Waals surface area contributed by atoms with Crippen molar-refractivity contribution in [3.63, 3.8) is 0 Å². The predicted octanol–water partition coefficient (Wildman–Crippen LogP) is 8.62. The maximum atomic E-state index is 7.23. The summed E-state index contributed by atoms with van der Waals surface area (Å²) in [6.07, 6.45) is 0. The van der Waals surface area contributed by atoms with Gasteiger partial charge in [-0.05, 0) is 91.8 Å². The zero-order chi connectivity index (χ0) is 25.0. The number of benzene rings is 2. The summed E-state index contributed by atoms with van der Waals surface area (Å²) in [5.41, 5.74) is 2.94. The lowest BCUT2D eigenvalue weighted by Crippen LogP contribution is -2.65. The number of ether oxygens (including phenoxy) is 1. The van der Waals surface area contributed by atoms with Crippen LogP contribution in [0.2, 0.25) is 0 Å². The molecule has 0 bridgehead atoms. The van der Waals surface area contributed by atoms with Crippen LogP contribution in [0.1, 0.15) is 81.8 Å². The molecule has 3 rings (SSSR count). The zero-order valence-electron chi connectivity index (χ0n) is 22.8. The fourth-order valence-electron chi connectivity index (χ4n) is 5.03. The summed E-state index contributed by atoms with van der Waals surface area (Å²) < 4.78 is 7.23. The summed E-state index contributed by atoms with van der Waals surface area (Å²) in [4.78, 5) is 2.68. The lowest BCUT2D eigenvalue weighted by molar-refractivity contribution is -0.0827. The number of nitrogens with one attached hydrogen (secondary N) is 1. The molecule has 1 atom stereocenters. The molecule has 0 saturated carbocycles. The second-order valence-electron chi connectivity index (χ2n) is 12.0. The Morgan fingerprint density at radius 3 is 1.97 bits per heavy atom. The van der Waals surface area contributed by atoms with Crippen molar-refractivity contribution in [1.82, 2.24) is 5.32 Å². The second-order valence-corrected chi connectivity index (χ2v) is 13.2. The Kier molecular flexibility index (Phi) is 6.58. The van der Waals surface area contributed by atoms with Gasteiger partial charge in [-0.15, -0.1) is 11.3 Å². The van der Waals surface area contributed by atoms with E-state index in [0.717, 1.165) is 11.1 Å². The van der Waals surface area contributed by atoms with Gasteiger partial charge in [-0.2, -0.15) is 0 Å². The Morgan fingerprint density at radius 2 is 1.42 bits per heavy atom. The van der Waals surface area contributed by atoms with Crippen LogP contribution in [0.3, 0.4) is 0 Å². The van der Waals surface area contributed by atoms with Crippen molar-refractivity contribution >= 4 is 22.1 Å². The van der Waals surface area contributed by atoms with E-state index in [0.29, 0.717) is 0 Å². The lowest BCUT2D eigenvalue weighted by Gasteiger charge is -2.55. The highest BCUT2D eigenvalue weighted by atomic mass is 32.1. The number of fused-ring (bicyclic) bond motifs is 1. The highest BCUT2D eigenvalue weighted by molar-refractivity contribution is 7.12. The van der Waals surface area contributed by atoms with Crippen LogP contribution in [0.25, 0.3) is 10.8 Å². The first-order chi connectivity index (χ1) is 15.0. The van der Waals surface area contributed by atoms with E-state index in [9.17, 15) is 0 Å². The molecule has 1 heterocycles. The highest BCUT2D eigenvalue weighted by Gasteiger charge is 2.55. The summed E-state index contributed by atoms with van der Waals surface area (Å²) >= 11 is 1.88. The van der Waals surface area contributed by atoms with Gasteiger partial charge in [0.25, 0.3) is 0 Å². The van der Waals surface area contributed by atoms with Gasteiger partial charge in [0.15, 0.2) is 0 Å². The molecule has 0 radical (unpaired) electrons. The molecule has 180 valence electrons. The van der Waals surface area contributed by atoms with Crippen LogP contribution in [-0.2, 0) is 5.60 Å². The molecular formula is C30H43NOS. The third-order valence-electron chi connectivity index (χ3n) is 7.87. The van der Waals surface area contributed by atoms with Gasteiger partial charge < -0.3 is 10.1 Å². The second kappa shape index (κ2) is 8.43. The van der Waals surface area contributed by atoms with Crippen LogP contribution < -0.4 is 10.1 Å². The highest BCUT2D eigenvalue weighted by Crippen LogP contribution is 2.53. The van der Waals surface area contributed by atoms with Crippen LogP contribution in [0, 0.1) is 33.1 Å². The minimum Gasteiger partial charge on any atom is -0.481 e. The first-order valence-corrected chi connectivity index (χ1v) is 12.9. The smallest absolute Gasteiger partial charge is 0.147 e. The van der Waals surface area contributed by atoms with E-state index in [-0.39, 0.29) is 16.5 Å². The van der Waals surface area contributed by atoms with Crippen molar-refractivity contribution in [3.8, 4) is 5.75 Å². The monoisotopic (exact) mass is 465 g/mol. The number of aryl methyl sites for hydroxylation is 2. The molecule has 0 amide bonds. The van der Waals surface area contributed by atoms with E-state index in [2.05, 4.69) is 125 Å². The van der Waals surface area contributed by atoms with Crippen LogP contribution in [0.4, 0.5) is 0 Å². The Hall–Kier alpha value is -1.84. The van der Waals surface area contributed by atoms with Crippen molar-refractivity contribution in [2.45, 2.75) is 99.8 Å². The summed E-state index contributed by atoms with van der Waals surface area (Å²) in [6, 6.07) is 13.0. The molecule has 0 aliphatic rings. The van der Waals surface area contributed by atoms with E-state index in [1.54, 1.807) is 0 Å². The fourth-order valence-corrected chi connectivity index (χ4v) is 6.44. The van der Waals surface area contributed by atoms with E-state index in [1.165, 1.54) is 31.8 Å². The van der Waals surface area contributed by atoms with Crippen LogP contribution >= 0.6 is 11.3 Å².